The second-order valence-corrected chi connectivity index (χ2v) is 8.36. The summed E-state index contributed by atoms with van der Waals surface area (Å²) in [5.74, 6) is 0.767. The van der Waals surface area contributed by atoms with Crippen molar-refractivity contribution in [2.24, 2.45) is 0 Å². The largest absolute Gasteiger partial charge is 0.390 e. The van der Waals surface area contributed by atoms with Gasteiger partial charge in [0.2, 0.25) is 11.7 Å². The lowest BCUT2D eigenvalue weighted by atomic mass is 10.2. The zero-order chi connectivity index (χ0) is 23.8. The monoisotopic (exact) mass is 467 g/mol. The van der Waals surface area contributed by atoms with Crippen molar-refractivity contribution in [3.05, 3.63) is 76.2 Å². The number of rotatable bonds is 11. The molecule has 1 aliphatic rings. The smallest absolute Gasteiger partial charge is 0.270 e. The third kappa shape index (κ3) is 6.91. The number of nitrogens with zero attached hydrogens (tertiary/aromatic N) is 5. The number of non-ortho nitro benzene ring substituents is 1. The molecule has 1 atom stereocenters. The van der Waals surface area contributed by atoms with Crippen molar-refractivity contribution in [1.29, 1.82) is 0 Å². The van der Waals surface area contributed by atoms with Gasteiger partial charge in [0, 0.05) is 63.4 Å². The molecule has 34 heavy (non-hydrogen) atoms. The summed E-state index contributed by atoms with van der Waals surface area (Å²) in [5, 5.41) is 25.8. The Labute approximate surface area is 197 Å². The maximum Gasteiger partial charge on any atom is 0.270 e. The second kappa shape index (κ2) is 11.8. The number of nitro benzene ring substituents is 1. The summed E-state index contributed by atoms with van der Waals surface area (Å²) in [4.78, 5) is 19.4. The topological polar surface area (TPSA) is 118 Å². The highest BCUT2D eigenvalue weighted by atomic mass is 16.6. The minimum atomic E-state index is -0.495. The predicted octanol–water partition coefficient (Wildman–Crippen LogP) is 2.38. The summed E-state index contributed by atoms with van der Waals surface area (Å²) < 4.78 is 10.8. The molecule has 2 heterocycles. The molecule has 0 spiro atoms. The van der Waals surface area contributed by atoms with Gasteiger partial charge in [0.25, 0.3) is 5.69 Å². The molecular formula is C24H29N5O5. The van der Waals surface area contributed by atoms with Crippen LogP contribution in [0.1, 0.15) is 11.5 Å². The third-order valence-corrected chi connectivity index (χ3v) is 5.72. The Balaban J connectivity index is 1.39. The van der Waals surface area contributed by atoms with E-state index in [9.17, 15) is 15.2 Å². The quantitative estimate of drug-likeness (QED) is 0.335. The number of aliphatic hydroxyl groups excluding tert-OH is 1. The van der Waals surface area contributed by atoms with E-state index in [1.54, 1.807) is 12.1 Å². The first-order valence-corrected chi connectivity index (χ1v) is 11.4. The summed E-state index contributed by atoms with van der Waals surface area (Å²) in [7, 11) is 0. The van der Waals surface area contributed by atoms with Crippen molar-refractivity contribution in [3.8, 4) is 11.4 Å². The van der Waals surface area contributed by atoms with Crippen LogP contribution in [0.25, 0.3) is 11.4 Å². The van der Waals surface area contributed by atoms with Gasteiger partial charge in [-0.3, -0.25) is 19.9 Å². The van der Waals surface area contributed by atoms with E-state index < -0.39 is 11.0 Å². The van der Waals surface area contributed by atoms with Crippen molar-refractivity contribution in [3.63, 3.8) is 0 Å². The van der Waals surface area contributed by atoms with Gasteiger partial charge in [0.1, 0.15) is 0 Å². The number of β-amino-alcohol motifs (C(OH)–C–C–N with tert-alkyl or cyclic N) is 1. The molecule has 1 aromatic heterocycles. The molecule has 4 rings (SSSR count). The van der Waals surface area contributed by atoms with Crippen LogP contribution in [0.2, 0.25) is 0 Å². The van der Waals surface area contributed by atoms with Crippen molar-refractivity contribution >= 4 is 5.69 Å². The minimum absolute atomic E-state index is 0.0212. The van der Waals surface area contributed by atoms with Gasteiger partial charge in [-0.15, -0.1) is 0 Å². The summed E-state index contributed by atoms with van der Waals surface area (Å²) in [6.45, 7) is 5.48. The second-order valence-electron chi connectivity index (χ2n) is 8.36. The fourth-order valence-electron chi connectivity index (χ4n) is 4.00. The minimum Gasteiger partial charge on any atom is -0.390 e. The number of nitro groups is 1. The van der Waals surface area contributed by atoms with Gasteiger partial charge in [0.05, 0.1) is 24.2 Å². The normalized spacial score (nSPS) is 15.5. The molecule has 0 unspecified atom stereocenters. The number of morpholine rings is 1. The number of hydrogen-bond donors (Lipinski definition) is 1. The van der Waals surface area contributed by atoms with Crippen LogP contribution in [0, 0.1) is 10.1 Å². The Morgan fingerprint density at radius 1 is 1.15 bits per heavy atom. The molecule has 3 aromatic rings. The molecule has 0 aliphatic carbocycles. The fourth-order valence-corrected chi connectivity index (χ4v) is 4.00. The van der Waals surface area contributed by atoms with Gasteiger partial charge in [-0.1, -0.05) is 47.6 Å². The van der Waals surface area contributed by atoms with Crippen molar-refractivity contribution in [2.75, 3.05) is 45.9 Å². The van der Waals surface area contributed by atoms with Crippen LogP contribution in [-0.4, -0.2) is 82.0 Å². The van der Waals surface area contributed by atoms with E-state index in [0.29, 0.717) is 63.1 Å². The van der Waals surface area contributed by atoms with Crippen LogP contribution in [0.4, 0.5) is 5.69 Å². The van der Waals surface area contributed by atoms with Gasteiger partial charge >= 0.3 is 0 Å². The summed E-state index contributed by atoms with van der Waals surface area (Å²) in [6.07, 6.45) is 0.00360. The van der Waals surface area contributed by atoms with E-state index in [1.165, 1.54) is 12.1 Å². The highest BCUT2D eigenvalue weighted by molar-refractivity contribution is 5.58. The molecular weight excluding hydrogens is 438 g/mol. The van der Waals surface area contributed by atoms with E-state index in [0.717, 1.165) is 18.7 Å². The van der Waals surface area contributed by atoms with Crippen LogP contribution in [0.15, 0.2) is 59.1 Å². The van der Waals surface area contributed by atoms with E-state index in [1.807, 2.05) is 18.2 Å². The van der Waals surface area contributed by atoms with Crippen LogP contribution < -0.4 is 0 Å². The van der Waals surface area contributed by atoms with Crippen molar-refractivity contribution < 1.29 is 19.3 Å². The molecule has 0 saturated carbocycles. The molecule has 0 amide bonds. The highest BCUT2D eigenvalue weighted by Crippen LogP contribution is 2.21. The van der Waals surface area contributed by atoms with E-state index in [-0.39, 0.29) is 5.69 Å². The maximum absolute atomic E-state index is 11.0. The van der Waals surface area contributed by atoms with Gasteiger partial charge in [-0.2, -0.15) is 4.98 Å². The Hall–Kier alpha value is -3.18. The van der Waals surface area contributed by atoms with Gasteiger partial charge in [-0.05, 0) is 5.56 Å². The fraction of sp³-hybridized carbons (Fsp3) is 0.417. The standard InChI is InChI=1S/C24H29N5O5/c30-22(17-27-11-13-33-14-12-27)18-28(16-19-5-2-1-3-6-19)10-9-23-25-24(26-34-23)20-7-4-8-21(15-20)29(31)32/h1-8,15,22,30H,9-14,16-18H2/t22-/m1/s1. The lowest BCUT2D eigenvalue weighted by molar-refractivity contribution is -0.384. The zero-order valence-electron chi connectivity index (χ0n) is 19.0. The van der Waals surface area contributed by atoms with Gasteiger partial charge < -0.3 is 14.4 Å². The third-order valence-electron chi connectivity index (χ3n) is 5.72. The zero-order valence-corrected chi connectivity index (χ0v) is 19.0. The first-order valence-electron chi connectivity index (χ1n) is 11.4. The number of aromatic nitrogens is 2. The average molecular weight is 468 g/mol. The molecule has 180 valence electrons. The van der Waals surface area contributed by atoms with E-state index in [4.69, 9.17) is 9.26 Å². The van der Waals surface area contributed by atoms with Crippen LogP contribution in [0.5, 0.6) is 0 Å². The summed E-state index contributed by atoms with van der Waals surface area (Å²) >= 11 is 0. The molecule has 0 radical (unpaired) electrons. The average Bonchev–Trinajstić information content (AvgIpc) is 3.33. The van der Waals surface area contributed by atoms with E-state index >= 15 is 0 Å². The number of ether oxygens (including phenoxy) is 1. The first kappa shape index (κ1) is 24.0. The highest BCUT2D eigenvalue weighted by Gasteiger charge is 2.19. The van der Waals surface area contributed by atoms with Crippen molar-refractivity contribution in [1.82, 2.24) is 19.9 Å². The molecule has 10 nitrogen and oxygen atoms in total. The lowest BCUT2D eigenvalue weighted by Gasteiger charge is -2.31. The Kier molecular flexibility index (Phi) is 8.31. The summed E-state index contributed by atoms with van der Waals surface area (Å²) in [5.41, 5.74) is 1.67. The Morgan fingerprint density at radius 3 is 2.71 bits per heavy atom. The molecule has 0 bridgehead atoms. The molecule has 1 N–H and O–H groups in total. The molecule has 2 aromatic carbocycles. The molecule has 1 aliphatic heterocycles. The maximum atomic E-state index is 11.0. The Morgan fingerprint density at radius 2 is 1.94 bits per heavy atom. The number of benzene rings is 2. The molecule has 10 heteroatoms. The number of hydrogen-bond acceptors (Lipinski definition) is 9. The summed E-state index contributed by atoms with van der Waals surface area (Å²) in [6, 6.07) is 16.3. The first-order chi connectivity index (χ1) is 16.6. The Bertz CT molecular complexity index is 1050. The SMILES string of the molecule is O=[N+]([O-])c1cccc(-c2noc(CCN(Cc3ccccc3)C[C@H](O)CN3CCOCC3)n2)c1. The van der Waals surface area contributed by atoms with Crippen LogP contribution >= 0.6 is 0 Å². The van der Waals surface area contributed by atoms with Crippen molar-refractivity contribution in [2.45, 2.75) is 19.1 Å². The van der Waals surface area contributed by atoms with Crippen LogP contribution in [-0.2, 0) is 17.7 Å². The van der Waals surface area contributed by atoms with Gasteiger partial charge in [0.15, 0.2) is 0 Å². The van der Waals surface area contributed by atoms with Gasteiger partial charge in [-0.25, -0.2) is 0 Å². The van der Waals surface area contributed by atoms with Crippen LogP contribution in [0.3, 0.4) is 0 Å². The molecule has 1 saturated heterocycles. The number of aliphatic hydroxyl groups is 1. The molecule has 1 fully saturated rings. The predicted molar refractivity (Wildman–Crippen MR) is 125 cm³/mol. The lowest BCUT2D eigenvalue weighted by Crippen LogP contribution is -2.44. The van der Waals surface area contributed by atoms with E-state index in [2.05, 4.69) is 32.1 Å².